The van der Waals surface area contributed by atoms with Crippen LogP contribution in [0, 0.1) is 5.92 Å². The Balaban J connectivity index is 2.17. The number of aliphatic hydroxyl groups is 2. The van der Waals surface area contributed by atoms with E-state index in [1.165, 1.54) is 24.3 Å². The van der Waals surface area contributed by atoms with Crippen molar-refractivity contribution in [2.75, 3.05) is 13.2 Å². The number of phenolic OH excluding ortho intramolecular Hbond substituents is 2. The molecule has 0 saturated carbocycles. The highest BCUT2D eigenvalue weighted by atomic mass is 16.3. The highest BCUT2D eigenvalue weighted by molar-refractivity contribution is 5.93. The highest BCUT2D eigenvalue weighted by Crippen LogP contribution is 2.15. The number of aliphatic imine (C=N–C) groups is 1. The van der Waals surface area contributed by atoms with Crippen LogP contribution in [0.4, 0.5) is 0 Å². The van der Waals surface area contributed by atoms with Gasteiger partial charge in [0.15, 0.2) is 5.96 Å². The van der Waals surface area contributed by atoms with Crippen LogP contribution < -0.4 is 27.4 Å². The van der Waals surface area contributed by atoms with Gasteiger partial charge in [-0.2, -0.15) is 0 Å². The lowest BCUT2D eigenvalue weighted by Crippen LogP contribution is -2.58. The molecule has 3 amide bonds. The SMILES string of the molecule is CCC(C)C(NC(=O)C(CCc1ccc(O)cc1)NC(=O)C(O)Cc1ccc(O)cc1)C(=O)NC(CO)CCCN=C(N)N. The van der Waals surface area contributed by atoms with Crippen molar-refractivity contribution in [1.29, 1.82) is 0 Å². The first-order valence-corrected chi connectivity index (χ1v) is 14.7. The van der Waals surface area contributed by atoms with E-state index in [0.29, 0.717) is 37.8 Å². The van der Waals surface area contributed by atoms with E-state index in [1.54, 1.807) is 24.3 Å². The van der Waals surface area contributed by atoms with Crippen molar-refractivity contribution in [2.45, 2.75) is 76.6 Å². The van der Waals surface area contributed by atoms with E-state index < -0.39 is 42.0 Å². The summed E-state index contributed by atoms with van der Waals surface area (Å²) in [6.45, 7) is 3.70. The third-order valence-electron chi connectivity index (χ3n) is 7.32. The third kappa shape index (κ3) is 12.5. The van der Waals surface area contributed by atoms with Crippen LogP contribution in [0.25, 0.3) is 0 Å². The molecule has 13 heteroatoms. The summed E-state index contributed by atoms with van der Waals surface area (Å²) in [5.74, 6) is -2.05. The number of phenols is 2. The normalized spacial score (nSPS) is 14.4. The Morgan fingerprint density at radius 1 is 0.841 bits per heavy atom. The number of guanidine groups is 1. The van der Waals surface area contributed by atoms with Crippen LogP contribution >= 0.6 is 0 Å². The van der Waals surface area contributed by atoms with Crippen LogP contribution in [0.3, 0.4) is 0 Å². The molecule has 2 rings (SSSR count). The minimum absolute atomic E-state index is 0.0396. The number of nitrogens with two attached hydrogens (primary N) is 2. The Hall–Kier alpha value is -4.36. The van der Waals surface area contributed by atoms with Gasteiger partial charge in [-0.05, 0) is 67.0 Å². The van der Waals surface area contributed by atoms with E-state index in [-0.39, 0.29) is 42.8 Å². The summed E-state index contributed by atoms with van der Waals surface area (Å²) in [6.07, 6.45) is 0.473. The molecule has 5 unspecified atom stereocenters. The molecule has 242 valence electrons. The van der Waals surface area contributed by atoms with Gasteiger partial charge < -0.3 is 47.8 Å². The molecule has 44 heavy (non-hydrogen) atoms. The Labute approximate surface area is 257 Å². The molecule has 11 N–H and O–H groups in total. The molecule has 0 fully saturated rings. The van der Waals surface area contributed by atoms with Gasteiger partial charge in [0.2, 0.25) is 17.7 Å². The quantitative estimate of drug-likeness (QED) is 0.0632. The molecule has 2 aromatic rings. The second-order valence-electron chi connectivity index (χ2n) is 10.9. The maximum Gasteiger partial charge on any atom is 0.249 e. The van der Waals surface area contributed by atoms with Gasteiger partial charge in [0.1, 0.15) is 29.7 Å². The van der Waals surface area contributed by atoms with Gasteiger partial charge in [-0.25, -0.2) is 0 Å². The van der Waals surface area contributed by atoms with Crippen molar-refractivity contribution >= 4 is 23.7 Å². The molecule has 0 heterocycles. The molecule has 13 nitrogen and oxygen atoms in total. The first-order chi connectivity index (χ1) is 20.9. The lowest BCUT2D eigenvalue weighted by Gasteiger charge is -2.28. The fraction of sp³-hybridized carbons (Fsp3) is 0.484. The Kier molecular flexibility index (Phi) is 14.9. The van der Waals surface area contributed by atoms with E-state index in [4.69, 9.17) is 11.5 Å². The van der Waals surface area contributed by atoms with Crippen LogP contribution in [-0.2, 0) is 27.2 Å². The Bertz CT molecular complexity index is 1220. The number of benzene rings is 2. The smallest absolute Gasteiger partial charge is 0.249 e. The number of hydrogen-bond acceptors (Lipinski definition) is 8. The predicted molar refractivity (Wildman–Crippen MR) is 166 cm³/mol. The third-order valence-corrected chi connectivity index (χ3v) is 7.32. The summed E-state index contributed by atoms with van der Waals surface area (Å²) in [7, 11) is 0. The number of nitrogens with one attached hydrogen (secondary N) is 3. The van der Waals surface area contributed by atoms with Crippen LogP contribution in [0.2, 0.25) is 0 Å². The lowest BCUT2D eigenvalue weighted by molar-refractivity contribution is -0.136. The fourth-order valence-electron chi connectivity index (χ4n) is 4.46. The molecule has 0 aromatic heterocycles. The van der Waals surface area contributed by atoms with Crippen molar-refractivity contribution < 1.29 is 34.8 Å². The summed E-state index contributed by atoms with van der Waals surface area (Å²) in [5.41, 5.74) is 12.1. The monoisotopic (exact) mass is 614 g/mol. The minimum Gasteiger partial charge on any atom is -0.508 e. The van der Waals surface area contributed by atoms with Crippen LogP contribution in [0.5, 0.6) is 11.5 Å². The van der Waals surface area contributed by atoms with Gasteiger partial charge in [-0.15, -0.1) is 0 Å². The lowest BCUT2D eigenvalue weighted by atomic mass is 9.96. The Morgan fingerprint density at radius 3 is 1.98 bits per heavy atom. The molecule has 0 radical (unpaired) electrons. The molecule has 2 aromatic carbocycles. The van der Waals surface area contributed by atoms with Crippen molar-refractivity contribution in [3.05, 3.63) is 59.7 Å². The molecule has 0 bridgehead atoms. The van der Waals surface area contributed by atoms with E-state index in [2.05, 4.69) is 20.9 Å². The van der Waals surface area contributed by atoms with Gasteiger partial charge >= 0.3 is 0 Å². The number of aliphatic hydroxyl groups excluding tert-OH is 2. The van der Waals surface area contributed by atoms with Crippen molar-refractivity contribution in [3.63, 3.8) is 0 Å². The maximum absolute atomic E-state index is 13.6. The van der Waals surface area contributed by atoms with Crippen LogP contribution in [-0.4, -0.2) is 81.5 Å². The van der Waals surface area contributed by atoms with Gasteiger partial charge in [0, 0.05) is 13.0 Å². The van der Waals surface area contributed by atoms with Crippen molar-refractivity contribution in [2.24, 2.45) is 22.4 Å². The van der Waals surface area contributed by atoms with E-state index in [0.717, 1.165) is 5.56 Å². The first-order valence-electron chi connectivity index (χ1n) is 14.7. The van der Waals surface area contributed by atoms with Crippen molar-refractivity contribution in [1.82, 2.24) is 16.0 Å². The molecule has 5 atom stereocenters. The molecular formula is C31H46N6O7. The summed E-state index contributed by atoms with van der Waals surface area (Å²) in [5, 5.41) is 47.7. The van der Waals surface area contributed by atoms with Crippen LogP contribution in [0.15, 0.2) is 53.5 Å². The zero-order chi connectivity index (χ0) is 32.6. The fourth-order valence-corrected chi connectivity index (χ4v) is 4.46. The van der Waals surface area contributed by atoms with E-state index in [9.17, 15) is 34.8 Å². The number of carbonyl (C=O) groups is 3. The predicted octanol–water partition coefficient (Wildman–Crippen LogP) is 0.180. The number of aromatic hydroxyl groups is 2. The van der Waals surface area contributed by atoms with Crippen molar-refractivity contribution in [3.8, 4) is 11.5 Å². The largest absolute Gasteiger partial charge is 0.508 e. The number of aryl methyl sites for hydroxylation is 1. The average Bonchev–Trinajstić information content (AvgIpc) is 3.00. The highest BCUT2D eigenvalue weighted by Gasteiger charge is 2.31. The maximum atomic E-state index is 13.6. The van der Waals surface area contributed by atoms with Gasteiger partial charge in [-0.1, -0.05) is 44.5 Å². The van der Waals surface area contributed by atoms with Gasteiger partial charge in [0.25, 0.3) is 0 Å². The zero-order valence-corrected chi connectivity index (χ0v) is 25.3. The van der Waals surface area contributed by atoms with Gasteiger partial charge in [0.05, 0.1) is 12.6 Å². The summed E-state index contributed by atoms with van der Waals surface area (Å²) in [6, 6.07) is 9.83. The van der Waals surface area contributed by atoms with Gasteiger partial charge in [-0.3, -0.25) is 19.4 Å². The first kappa shape index (κ1) is 35.8. The van der Waals surface area contributed by atoms with Crippen LogP contribution in [0.1, 0.15) is 50.7 Å². The summed E-state index contributed by atoms with van der Waals surface area (Å²) >= 11 is 0. The summed E-state index contributed by atoms with van der Waals surface area (Å²) < 4.78 is 0. The molecule has 0 aliphatic heterocycles. The molecule has 0 saturated heterocycles. The Morgan fingerprint density at radius 2 is 1.43 bits per heavy atom. The molecule has 0 aliphatic carbocycles. The summed E-state index contributed by atoms with van der Waals surface area (Å²) in [4.78, 5) is 43.8. The second-order valence-corrected chi connectivity index (χ2v) is 10.9. The number of amides is 3. The second kappa shape index (κ2) is 18.3. The molecule has 0 aliphatic rings. The topological polar surface area (TPSA) is 233 Å². The molecule has 0 spiro atoms. The number of rotatable bonds is 18. The number of nitrogens with zero attached hydrogens (tertiary/aromatic N) is 1. The standard InChI is InChI=1S/C31H46N6O7/c1-3-19(2)27(30(44)35-22(18-38)5-4-16-34-31(32)33)37-28(42)25(15-10-20-6-11-23(39)12-7-20)36-29(43)26(41)17-21-8-13-24(40)14-9-21/h6-9,11-14,19,22,25-27,38-41H,3-5,10,15-18H2,1-2H3,(H,35,44)(H,36,43)(H,37,42)(H4,32,33,34). The number of hydrogen-bond donors (Lipinski definition) is 9. The average molecular weight is 615 g/mol. The number of carbonyl (C=O) groups excluding carboxylic acids is 3. The van der Waals surface area contributed by atoms with E-state index >= 15 is 0 Å². The van der Waals surface area contributed by atoms with E-state index in [1.807, 2.05) is 13.8 Å². The minimum atomic E-state index is -1.47. The zero-order valence-electron chi connectivity index (χ0n) is 25.3. The molecular weight excluding hydrogens is 568 g/mol.